The molecule has 0 heterocycles. The first kappa shape index (κ1) is 8.23. The summed E-state index contributed by atoms with van der Waals surface area (Å²) in [6.07, 6.45) is 1.75. The highest BCUT2D eigenvalue weighted by Gasteiger charge is 2.21. The van der Waals surface area contributed by atoms with Crippen molar-refractivity contribution in [3.05, 3.63) is 35.4 Å². The van der Waals surface area contributed by atoms with Gasteiger partial charge in [-0.1, -0.05) is 46.9 Å². The van der Waals surface area contributed by atoms with Gasteiger partial charge >= 0.3 is 0 Å². The third-order valence-electron chi connectivity index (χ3n) is 2.17. The molecule has 0 aliphatic heterocycles. The topological polar surface area (TPSA) is 17.1 Å². The summed E-state index contributed by atoms with van der Waals surface area (Å²) in [5.74, 6) is 0.302. The summed E-state index contributed by atoms with van der Waals surface area (Å²) < 4.78 is 0.491. The second-order valence-corrected chi connectivity index (χ2v) is 4.85. The van der Waals surface area contributed by atoms with Crippen LogP contribution in [-0.4, -0.2) is 9.71 Å². The number of hydrogen-bond donors (Lipinski definition) is 0. The van der Waals surface area contributed by atoms with Crippen LogP contribution in [0.5, 0.6) is 0 Å². The fourth-order valence-corrected chi connectivity index (χ4v) is 2.47. The standard InChI is InChI=1S/C10H9IO/c11-8-5-7-3-1-2-4-9(7)10(12)6-8/h1-4,8H,5-6H2. The predicted molar refractivity (Wildman–Crippen MR) is 56.9 cm³/mol. The number of benzene rings is 1. The molecule has 1 aromatic rings. The molecule has 1 aliphatic rings. The third-order valence-corrected chi connectivity index (χ3v) is 3.05. The summed E-state index contributed by atoms with van der Waals surface area (Å²) in [6, 6.07) is 7.92. The average molecular weight is 272 g/mol. The van der Waals surface area contributed by atoms with E-state index < -0.39 is 0 Å². The molecule has 0 radical (unpaired) electrons. The maximum atomic E-state index is 11.5. The fourth-order valence-electron chi connectivity index (χ4n) is 1.59. The van der Waals surface area contributed by atoms with Crippen molar-refractivity contribution in [3.63, 3.8) is 0 Å². The lowest BCUT2D eigenvalue weighted by Crippen LogP contribution is -2.19. The Labute approximate surface area is 85.3 Å². The zero-order chi connectivity index (χ0) is 8.55. The molecule has 2 rings (SSSR count). The molecule has 0 spiro atoms. The van der Waals surface area contributed by atoms with Crippen LogP contribution in [0.3, 0.4) is 0 Å². The average Bonchev–Trinajstić information content (AvgIpc) is 2.04. The van der Waals surface area contributed by atoms with Gasteiger partial charge in [0.25, 0.3) is 0 Å². The van der Waals surface area contributed by atoms with E-state index in [2.05, 4.69) is 28.7 Å². The van der Waals surface area contributed by atoms with E-state index >= 15 is 0 Å². The lowest BCUT2D eigenvalue weighted by molar-refractivity contribution is 0.0976. The molecule has 1 atom stereocenters. The molecule has 0 N–H and O–H groups in total. The number of carbonyl (C=O) groups excluding carboxylic acids is 1. The quantitative estimate of drug-likeness (QED) is 0.524. The molecule has 62 valence electrons. The lowest BCUT2D eigenvalue weighted by Gasteiger charge is -2.18. The van der Waals surface area contributed by atoms with Crippen molar-refractivity contribution in [1.29, 1.82) is 0 Å². The van der Waals surface area contributed by atoms with Crippen molar-refractivity contribution in [2.75, 3.05) is 0 Å². The zero-order valence-corrected chi connectivity index (χ0v) is 8.74. The molecule has 12 heavy (non-hydrogen) atoms. The van der Waals surface area contributed by atoms with Crippen LogP contribution in [0.1, 0.15) is 22.3 Å². The molecule has 0 saturated heterocycles. The van der Waals surface area contributed by atoms with E-state index in [4.69, 9.17) is 0 Å². The number of carbonyl (C=O) groups is 1. The minimum absolute atomic E-state index is 0.302. The normalized spacial score (nSPS) is 22.1. The summed E-state index contributed by atoms with van der Waals surface area (Å²) in [4.78, 5) is 11.5. The number of Topliss-reactive ketones (excluding diaryl/α,β-unsaturated/α-hetero) is 1. The van der Waals surface area contributed by atoms with Gasteiger partial charge in [-0.3, -0.25) is 4.79 Å². The molecule has 1 nitrogen and oxygen atoms in total. The SMILES string of the molecule is O=C1CC(I)Cc2ccccc21. The minimum Gasteiger partial charge on any atom is -0.294 e. The summed E-state index contributed by atoms with van der Waals surface area (Å²) in [7, 11) is 0. The van der Waals surface area contributed by atoms with Crippen LogP contribution in [-0.2, 0) is 6.42 Å². The van der Waals surface area contributed by atoms with Crippen LogP contribution >= 0.6 is 22.6 Å². The Morgan fingerprint density at radius 2 is 2.00 bits per heavy atom. The first-order valence-corrected chi connectivity index (χ1v) is 5.27. The summed E-state index contributed by atoms with van der Waals surface area (Å²) in [6.45, 7) is 0. The predicted octanol–water partition coefficient (Wildman–Crippen LogP) is 2.62. The van der Waals surface area contributed by atoms with E-state index in [9.17, 15) is 4.79 Å². The van der Waals surface area contributed by atoms with Crippen molar-refractivity contribution in [3.8, 4) is 0 Å². The van der Waals surface area contributed by atoms with Crippen molar-refractivity contribution >= 4 is 28.4 Å². The molecule has 1 unspecified atom stereocenters. The van der Waals surface area contributed by atoms with Gasteiger partial charge in [0.2, 0.25) is 0 Å². The first-order valence-electron chi connectivity index (χ1n) is 4.02. The van der Waals surface area contributed by atoms with Gasteiger partial charge in [0.1, 0.15) is 0 Å². The van der Waals surface area contributed by atoms with Crippen LogP contribution in [0, 0.1) is 0 Å². The Hall–Kier alpha value is -0.380. The van der Waals surface area contributed by atoms with Gasteiger partial charge in [0.05, 0.1) is 0 Å². The van der Waals surface area contributed by atoms with E-state index in [1.54, 1.807) is 0 Å². The van der Waals surface area contributed by atoms with Gasteiger partial charge in [-0.25, -0.2) is 0 Å². The van der Waals surface area contributed by atoms with Gasteiger partial charge in [-0.15, -0.1) is 0 Å². The van der Waals surface area contributed by atoms with Crippen LogP contribution in [0.4, 0.5) is 0 Å². The van der Waals surface area contributed by atoms with Gasteiger partial charge in [-0.2, -0.15) is 0 Å². The first-order chi connectivity index (χ1) is 5.77. The van der Waals surface area contributed by atoms with Crippen molar-refractivity contribution < 1.29 is 4.79 Å². The minimum atomic E-state index is 0.302. The molecule has 0 fully saturated rings. The van der Waals surface area contributed by atoms with E-state index in [-0.39, 0.29) is 0 Å². The Morgan fingerprint density at radius 3 is 2.83 bits per heavy atom. The highest BCUT2D eigenvalue weighted by atomic mass is 127. The van der Waals surface area contributed by atoms with E-state index in [1.807, 2.05) is 18.2 Å². The monoisotopic (exact) mass is 272 g/mol. The number of alkyl halides is 1. The number of fused-ring (bicyclic) bond motifs is 1. The second kappa shape index (κ2) is 3.17. The van der Waals surface area contributed by atoms with Crippen molar-refractivity contribution in [2.45, 2.75) is 16.8 Å². The number of hydrogen-bond acceptors (Lipinski definition) is 1. The van der Waals surface area contributed by atoms with Crippen LogP contribution < -0.4 is 0 Å². The summed E-state index contributed by atoms with van der Waals surface area (Å²) >= 11 is 2.35. The molecule has 0 bridgehead atoms. The van der Waals surface area contributed by atoms with E-state index in [0.717, 1.165) is 12.0 Å². The molecule has 1 aliphatic carbocycles. The number of rotatable bonds is 0. The smallest absolute Gasteiger partial charge is 0.164 e. The molecule has 0 aromatic heterocycles. The highest BCUT2D eigenvalue weighted by Crippen LogP contribution is 2.25. The van der Waals surface area contributed by atoms with E-state index in [1.165, 1.54) is 5.56 Å². The lowest BCUT2D eigenvalue weighted by atomic mass is 9.91. The number of ketones is 1. The van der Waals surface area contributed by atoms with Crippen LogP contribution in [0.2, 0.25) is 0 Å². The summed E-state index contributed by atoms with van der Waals surface area (Å²) in [5.41, 5.74) is 2.15. The van der Waals surface area contributed by atoms with Crippen molar-refractivity contribution in [1.82, 2.24) is 0 Å². The van der Waals surface area contributed by atoms with Crippen LogP contribution in [0.25, 0.3) is 0 Å². The molecule has 0 amide bonds. The van der Waals surface area contributed by atoms with Crippen LogP contribution in [0.15, 0.2) is 24.3 Å². The number of halogens is 1. The third kappa shape index (κ3) is 1.40. The zero-order valence-electron chi connectivity index (χ0n) is 6.59. The summed E-state index contributed by atoms with van der Waals surface area (Å²) in [5, 5.41) is 0. The molecular weight excluding hydrogens is 263 g/mol. The van der Waals surface area contributed by atoms with E-state index in [0.29, 0.717) is 16.1 Å². The van der Waals surface area contributed by atoms with Gasteiger partial charge in [0.15, 0.2) is 5.78 Å². The van der Waals surface area contributed by atoms with Gasteiger partial charge in [0, 0.05) is 15.9 Å². The molecule has 1 aromatic carbocycles. The Kier molecular flexibility index (Phi) is 2.17. The molecule has 2 heteroatoms. The van der Waals surface area contributed by atoms with Gasteiger partial charge < -0.3 is 0 Å². The Morgan fingerprint density at radius 1 is 1.25 bits per heavy atom. The highest BCUT2D eigenvalue weighted by molar-refractivity contribution is 14.1. The molecular formula is C10H9IO. The van der Waals surface area contributed by atoms with Crippen molar-refractivity contribution in [2.24, 2.45) is 0 Å². The Balaban J connectivity index is 2.47. The molecule has 0 saturated carbocycles. The fraction of sp³-hybridized carbons (Fsp3) is 0.300. The Bertz CT molecular complexity index is 319. The second-order valence-electron chi connectivity index (χ2n) is 3.09. The maximum Gasteiger partial charge on any atom is 0.164 e. The van der Waals surface area contributed by atoms with Gasteiger partial charge in [-0.05, 0) is 12.0 Å². The largest absolute Gasteiger partial charge is 0.294 e. The maximum absolute atomic E-state index is 11.5.